The summed E-state index contributed by atoms with van der Waals surface area (Å²) in [7, 11) is 0. The molecular formula is C12H10F4N2O. The predicted molar refractivity (Wildman–Crippen MR) is 59.2 cm³/mol. The highest BCUT2D eigenvalue weighted by Gasteiger charge is 2.32. The van der Waals surface area contributed by atoms with E-state index in [1.54, 1.807) is 0 Å². The SMILES string of the molecule is C[C@@H](O)c1cccc(F)c1-n1cc(C(F)(F)F)cn1. The Kier molecular flexibility index (Phi) is 3.32. The molecule has 1 atom stereocenters. The second-order valence-electron chi connectivity index (χ2n) is 4.02. The van der Waals surface area contributed by atoms with Gasteiger partial charge in [0.25, 0.3) is 0 Å². The summed E-state index contributed by atoms with van der Waals surface area (Å²) in [6.07, 6.45) is -4.28. The van der Waals surface area contributed by atoms with Crippen LogP contribution in [0.5, 0.6) is 0 Å². The summed E-state index contributed by atoms with van der Waals surface area (Å²) in [5.41, 5.74) is -1.00. The molecule has 0 saturated heterocycles. The summed E-state index contributed by atoms with van der Waals surface area (Å²) in [5.74, 6) is -0.754. The highest BCUT2D eigenvalue weighted by atomic mass is 19.4. The van der Waals surface area contributed by atoms with E-state index in [4.69, 9.17) is 0 Å². The standard InChI is InChI=1S/C12H10F4N2O/c1-7(19)9-3-2-4-10(13)11(9)18-6-8(5-17-18)12(14,15)16/h2-7,19H,1H3/t7-/m1/s1. The number of para-hydroxylation sites is 1. The van der Waals surface area contributed by atoms with Crippen LogP contribution in [0.4, 0.5) is 17.6 Å². The molecule has 0 spiro atoms. The van der Waals surface area contributed by atoms with Crippen molar-refractivity contribution in [3.05, 3.63) is 47.5 Å². The van der Waals surface area contributed by atoms with Gasteiger partial charge in [0.1, 0.15) is 11.5 Å². The first-order chi connectivity index (χ1) is 8.80. The van der Waals surface area contributed by atoms with E-state index in [0.29, 0.717) is 12.4 Å². The number of aliphatic hydroxyl groups excluding tert-OH is 1. The number of nitrogens with zero attached hydrogens (tertiary/aromatic N) is 2. The lowest BCUT2D eigenvalue weighted by Gasteiger charge is -2.12. The fourth-order valence-corrected chi connectivity index (χ4v) is 1.70. The Morgan fingerprint density at radius 1 is 1.32 bits per heavy atom. The Balaban J connectivity index is 2.56. The highest BCUT2D eigenvalue weighted by molar-refractivity contribution is 5.43. The third kappa shape index (κ3) is 2.60. The van der Waals surface area contributed by atoms with Gasteiger partial charge in [0.05, 0.1) is 17.9 Å². The van der Waals surface area contributed by atoms with Crippen molar-refractivity contribution in [1.29, 1.82) is 0 Å². The van der Waals surface area contributed by atoms with E-state index in [0.717, 1.165) is 10.7 Å². The molecule has 0 aliphatic rings. The molecule has 3 nitrogen and oxygen atoms in total. The number of rotatable bonds is 2. The molecule has 0 aliphatic carbocycles. The third-order valence-electron chi connectivity index (χ3n) is 2.61. The maximum Gasteiger partial charge on any atom is 0.419 e. The summed E-state index contributed by atoms with van der Waals surface area (Å²) < 4.78 is 52.0. The molecule has 1 aromatic carbocycles. The summed E-state index contributed by atoms with van der Waals surface area (Å²) in [6, 6.07) is 3.89. The molecule has 0 bridgehead atoms. The van der Waals surface area contributed by atoms with Crippen molar-refractivity contribution >= 4 is 0 Å². The Morgan fingerprint density at radius 2 is 2.00 bits per heavy atom. The van der Waals surface area contributed by atoms with Gasteiger partial charge in [-0.3, -0.25) is 0 Å². The van der Waals surface area contributed by atoms with E-state index < -0.39 is 23.7 Å². The summed E-state index contributed by atoms with van der Waals surface area (Å²) in [6.45, 7) is 1.40. The molecule has 19 heavy (non-hydrogen) atoms. The topological polar surface area (TPSA) is 38.0 Å². The van der Waals surface area contributed by atoms with Crippen LogP contribution in [0.15, 0.2) is 30.6 Å². The van der Waals surface area contributed by atoms with Crippen molar-refractivity contribution in [1.82, 2.24) is 9.78 Å². The molecule has 102 valence electrons. The van der Waals surface area contributed by atoms with Crippen molar-refractivity contribution in [2.75, 3.05) is 0 Å². The molecule has 1 aromatic heterocycles. The molecule has 2 aromatic rings. The van der Waals surface area contributed by atoms with E-state index in [1.165, 1.54) is 19.1 Å². The second-order valence-corrected chi connectivity index (χ2v) is 4.02. The first kappa shape index (κ1) is 13.5. The number of aromatic nitrogens is 2. The summed E-state index contributed by atoms with van der Waals surface area (Å²) in [5, 5.41) is 13.0. The molecule has 0 saturated carbocycles. The lowest BCUT2D eigenvalue weighted by Crippen LogP contribution is -2.07. The molecular weight excluding hydrogens is 264 g/mol. The van der Waals surface area contributed by atoms with Gasteiger partial charge in [-0.05, 0) is 13.0 Å². The van der Waals surface area contributed by atoms with Crippen LogP contribution in [0, 0.1) is 5.82 Å². The minimum atomic E-state index is -4.55. The highest BCUT2D eigenvalue weighted by Crippen LogP contribution is 2.30. The largest absolute Gasteiger partial charge is 0.419 e. The zero-order valence-corrected chi connectivity index (χ0v) is 9.82. The van der Waals surface area contributed by atoms with Crippen molar-refractivity contribution < 1.29 is 22.7 Å². The Labute approximate surface area is 106 Å². The number of halogens is 4. The van der Waals surface area contributed by atoms with Crippen LogP contribution in [0.2, 0.25) is 0 Å². The average Bonchev–Trinajstić information content (AvgIpc) is 2.77. The number of alkyl halides is 3. The van der Waals surface area contributed by atoms with Gasteiger partial charge in [-0.25, -0.2) is 9.07 Å². The lowest BCUT2D eigenvalue weighted by molar-refractivity contribution is -0.137. The third-order valence-corrected chi connectivity index (χ3v) is 2.61. The lowest BCUT2D eigenvalue weighted by atomic mass is 10.1. The molecule has 7 heteroatoms. The van der Waals surface area contributed by atoms with E-state index >= 15 is 0 Å². The normalized spacial score (nSPS) is 13.6. The van der Waals surface area contributed by atoms with Crippen LogP contribution >= 0.6 is 0 Å². The van der Waals surface area contributed by atoms with Crippen LogP contribution < -0.4 is 0 Å². The number of hydrogen-bond donors (Lipinski definition) is 1. The van der Waals surface area contributed by atoms with Gasteiger partial charge in [0.2, 0.25) is 0 Å². The van der Waals surface area contributed by atoms with Crippen molar-refractivity contribution in [2.24, 2.45) is 0 Å². The maximum absolute atomic E-state index is 13.7. The van der Waals surface area contributed by atoms with Gasteiger partial charge in [-0.15, -0.1) is 0 Å². The fraction of sp³-hybridized carbons (Fsp3) is 0.250. The smallest absolute Gasteiger partial charge is 0.389 e. The first-order valence-corrected chi connectivity index (χ1v) is 5.39. The van der Waals surface area contributed by atoms with Crippen LogP contribution in [0.3, 0.4) is 0 Å². The van der Waals surface area contributed by atoms with Gasteiger partial charge in [-0.1, -0.05) is 12.1 Å². The molecule has 0 unspecified atom stereocenters. The molecule has 0 fully saturated rings. The Hall–Kier alpha value is -1.89. The molecule has 0 aliphatic heterocycles. The molecule has 0 amide bonds. The van der Waals surface area contributed by atoms with Crippen LogP contribution in [-0.2, 0) is 6.18 Å². The minimum absolute atomic E-state index is 0.164. The van der Waals surface area contributed by atoms with Crippen molar-refractivity contribution in [3.8, 4) is 5.69 Å². The van der Waals surface area contributed by atoms with Crippen LogP contribution in [0.1, 0.15) is 24.2 Å². The fourth-order valence-electron chi connectivity index (χ4n) is 1.70. The average molecular weight is 274 g/mol. The summed E-state index contributed by atoms with van der Waals surface area (Å²) >= 11 is 0. The molecule has 0 radical (unpaired) electrons. The summed E-state index contributed by atoms with van der Waals surface area (Å²) in [4.78, 5) is 0. The van der Waals surface area contributed by atoms with Gasteiger partial charge in [0, 0.05) is 11.8 Å². The molecule has 2 rings (SSSR count). The van der Waals surface area contributed by atoms with Crippen LogP contribution in [0.25, 0.3) is 5.69 Å². The quantitative estimate of drug-likeness (QED) is 0.855. The number of hydrogen-bond acceptors (Lipinski definition) is 2. The second kappa shape index (κ2) is 4.65. The van der Waals surface area contributed by atoms with E-state index in [2.05, 4.69) is 5.10 Å². The van der Waals surface area contributed by atoms with Gasteiger partial charge >= 0.3 is 6.18 Å². The first-order valence-electron chi connectivity index (χ1n) is 5.39. The van der Waals surface area contributed by atoms with E-state index in [9.17, 15) is 22.7 Å². The van der Waals surface area contributed by atoms with Crippen molar-refractivity contribution in [2.45, 2.75) is 19.2 Å². The van der Waals surface area contributed by atoms with Gasteiger partial charge in [0.15, 0.2) is 0 Å². The number of benzene rings is 1. The molecule has 1 N–H and O–H groups in total. The number of aliphatic hydroxyl groups is 1. The zero-order chi connectivity index (χ0) is 14.2. The van der Waals surface area contributed by atoms with Gasteiger partial charge < -0.3 is 5.11 Å². The van der Waals surface area contributed by atoms with E-state index in [1.807, 2.05) is 0 Å². The molecule has 1 heterocycles. The Morgan fingerprint density at radius 3 is 2.53 bits per heavy atom. The Bertz CT molecular complexity index is 590. The minimum Gasteiger partial charge on any atom is -0.389 e. The van der Waals surface area contributed by atoms with Crippen LogP contribution in [-0.4, -0.2) is 14.9 Å². The van der Waals surface area contributed by atoms with Gasteiger partial charge in [-0.2, -0.15) is 18.3 Å². The maximum atomic E-state index is 13.7. The zero-order valence-electron chi connectivity index (χ0n) is 9.82. The van der Waals surface area contributed by atoms with E-state index in [-0.39, 0.29) is 11.3 Å². The monoisotopic (exact) mass is 274 g/mol. The predicted octanol–water partition coefficient (Wildman–Crippen LogP) is 3.08. The van der Waals surface area contributed by atoms with Crippen molar-refractivity contribution in [3.63, 3.8) is 0 Å².